The van der Waals surface area contributed by atoms with E-state index >= 15 is 0 Å². The lowest BCUT2D eigenvalue weighted by atomic mass is 10.0. The Morgan fingerprint density at radius 2 is 1.75 bits per heavy atom. The number of carbonyl (C=O) groups excluding carboxylic acids is 1. The number of fused-ring (bicyclic) bond motifs is 1. The molecule has 0 N–H and O–H groups in total. The summed E-state index contributed by atoms with van der Waals surface area (Å²) in [5.41, 5.74) is 2.14. The first-order chi connectivity index (χ1) is 13.4. The second-order valence-electron chi connectivity index (χ2n) is 6.64. The van der Waals surface area contributed by atoms with Crippen LogP contribution in [0, 0.1) is 0 Å². The van der Waals surface area contributed by atoms with Crippen LogP contribution < -0.4 is 19.0 Å². The maximum Gasteiger partial charge on any atom is 0.286 e. The minimum absolute atomic E-state index is 0.109. The van der Waals surface area contributed by atoms with Gasteiger partial charge in [-0.2, -0.15) is 4.99 Å². The zero-order valence-corrected chi connectivity index (χ0v) is 17.5. The van der Waals surface area contributed by atoms with Crippen LogP contribution in [0.15, 0.2) is 41.4 Å². The van der Waals surface area contributed by atoms with Crippen LogP contribution in [0.1, 0.15) is 25.3 Å². The maximum atomic E-state index is 12.3. The monoisotopic (exact) mass is 400 g/mol. The Balaban J connectivity index is 1.79. The van der Waals surface area contributed by atoms with Crippen molar-refractivity contribution in [2.75, 3.05) is 20.8 Å². The molecule has 0 bridgehead atoms. The number of aromatic nitrogens is 1. The van der Waals surface area contributed by atoms with Crippen LogP contribution in [0.25, 0.3) is 10.2 Å². The summed E-state index contributed by atoms with van der Waals surface area (Å²) in [6.45, 7) is 4.16. The van der Waals surface area contributed by atoms with Crippen molar-refractivity contribution in [3.05, 3.63) is 46.8 Å². The van der Waals surface area contributed by atoms with Gasteiger partial charge in [-0.3, -0.25) is 4.79 Å². The van der Waals surface area contributed by atoms with E-state index < -0.39 is 0 Å². The zero-order chi connectivity index (χ0) is 20.3. The summed E-state index contributed by atoms with van der Waals surface area (Å²) in [5, 5.41) is 0. The number of aryl methyl sites for hydroxylation is 1. The van der Waals surface area contributed by atoms with Crippen molar-refractivity contribution >= 4 is 27.5 Å². The zero-order valence-electron chi connectivity index (χ0n) is 16.7. The average molecular weight is 401 g/mol. The first-order valence-electron chi connectivity index (χ1n) is 8.94. The Kier molecular flexibility index (Phi) is 6.04. The van der Waals surface area contributed by atoms with Crippen LogP contribution in [0.4, 0.5) is 0 Å². The normalized spacial score (nSPS) is 11.9. The largest absolute Gasteiger partial charge is 0.493 e. The van der Waals surface area contributed by atoms with Crippen molar-refractivity contribution in [3.63, 3.8) is 0 Å². The molecule has 0 aliphatic carbocycles. The Labute approximate surface area is 168 Å². The van der Waals surface area contributed by atoms with E-state index in [-0.39, 0.29) is 12.5 Å². The van der Waals surface area contributed by atoms with Crippen molar-refractivity contribution in [1.82, 2.24) is 4.57 Å². The fourth-order valence-corrected chi connectivity index (χ4v) is 3.84. The first-order valence-corrected chi connectivity index (χ1v) is 9.76. The molecule has 0 saturated heterocycles. The van der Waals surface area contributed by atoms with Gasteiger partial charge in [-0.05, 0) is 23.6 Å². The SMILES string of the molecule is COc1cc2sc(=NC(=O)COc3ccc(C(C)C)cc3)n(C)c2cc1OC. The highest BCUT2D eigenvalue weighted by atomic mass is 32.1. The standard InChI is InChI=1S/C21H24N2O4S/c1-13(2)14-6-8-15(9-7-14)27-12-20(24)22-21-23(3)16-10-17(25-4)18(26-5)11-19(16)28-21/h6-11,13H,12H2,1-5H3. The molecule has 148 valence electrons. The summed E-state index contributed by atoms with van der Waals surface area (Å²) in [7, 11) is 5.05. The molecular formula is C21H24N2O4S. The molecule has 2 aromatic carbocycles. The molecule has 0 unspecified atom stereocenters. The Bertz CT molecular complexity index is 1050. The van der Waals surface area contributed by atoms with E-state index in [1.54, 1.807) is 14.2 Å². The predicted octanol–water partition coefficient (Wildman–Crippen LogP) is 3.89. The van der Waals surface area contributed by atoms with Gasteiger partial charge >= 0.3 is 0 Å². The number of amides is 1. The molecule has 28 heavy (non-hydrogen) atoms. The van der Waals surface area contributed by atoms with E-state index in [0.29, 0.717) is 28.0 Å². The summed E-state index contributed by atoms with van der Waals surface area (Å²) >= 11 is 1.41. The molecule has 0 radical (unpaired) electrons. The fourth-order valence-electron chi connectivity index (χ4n) is 2.79. The molecule has 6 nitrogen and oxygen atoms in total. The fraction of sp³-hybridized carbons (Fsp3) is 0.333. The van der Waals surface area contributed by atoms with E-state index in [1.165, 1.54) is 16.9 Å². The maximum absolute atomic E-state index is 12.3. The highest BCUT2D eigenvalue weighted by Gasteiger charge is 2.11. The van der Waals surface area contributed by atoms with E-state index in [4.69, 9.17) is 14.2 Å². The molecule has 0 saturated carbocycles. The molecule has 0 spiro atoms. The summed E-state index contributed by atoms with van der Waals surface area (Å²) in [4.78, 5) is 17.1. The molecule has 1 aromatic heterocycles. The predicted molar refractivity (Wildman–Crippen MR) is 110 cm³/mol. The number of hydrogen-bond donors (Lipinski definition) is 0. The molecule has 3 rings (SSSR count). The smallest absolute Gasteiger partial charge is 0.286 e. The van der Waals surface area contributed by atoms with Crippen molar-refractivity contribution in [2.24, 2.45) is 12.0 Å². The summed E-state index contributed by atoms with van der Waals surface area (Å²) < 4.78 is 19.1. The van der Waals surface area contributed by atoms with Gasteiger partial charge in [0.2, 0.25) is 0 Å². The van der Waals surface area contributed by atoms with E-state index in [1.807, 2.05) is 48.0 Å². The second-order valence-corrected chi connectivity index (χ2v) is 7.65. The topological polar surface area (TPSA) is 62.0 Å². The molecule has 0 aliphatic rings. The van der Waals surface area contributed by atoms with E-state index in [9.17, 15) is 4.79 Å². The van der Waals surface area contributed by atoms with Crippen LogP contribution in [0.2, 0.25) is 0 Å². The number of ether oxygens (including phenoxy) is 3. The van der Waals surface area contributed by atoms with Gasteiger partial charge in [0.1, 0.15) is 5.75 Å². The van der Waals surface area contributed by atoms with Gasteiger partial charge in [-0.25, -0.2) is 0 Å². The van der Waals surface area contributed by atoms with Gasteiger partial charge < -0.3 is 18.8 Å². The molecule has 0 atom stereocenters. The third-order valence-corrected chi connectivity index (χ3v) is 5.54. The van der Waals surface area contributed by atoms with Crippen molar-refractivity contribution in [1.29, 1.82) is 0 Å². The van der Waals surface area contributed by atoms with Crippen LogP contribution in [0.5, 0.6) is 17.2 Å². The number of benzene rings is 2. The molecule has 7 heteroatoms. The van der Waals surface area contributed by atoms with E-state index in [2.05, 4.69) is 18.8 Å². The lowest BCUT2D eigenvalue weighted by molar-refractivity contribution is -0.120. The molecule has 0 aliphatic heterocycles. The highest BCUT2D eigenvalue weighted by molar-refractivity contribution is 7.16. The Hall–Kier alpha value is -2.80. The minimum Gasteiger partial charge on any atom is -0.493 e. The number of hydrogen-bond acceptors (Lipinski definition) is 5. The molecule has 1 heterocycles. The number of carbonyl (C=O) groups is 1. The van der Waals surface area contributed by atoms with Gasteiger partial charge in [0.05, 0.1) is 24.4 Å². The van der Waals surface area contributed by atoms with Crippen molar-refractivity contribution in [2.45, 2.75) is 19.8 Å². The number of methoxy groups -OCH3 is 2. The van der Waals surface area contributed by atoms with Crippen molar-refractivity contribution in [3.8, 4) is 17.2 Å². The summed E-state index contributed by atoms with van der Waals surface area (Å²) in [6, 6.07) is 11.5. The highest BCUT2D eigenvalue weighted by Crippen LogP contribution is 2.33. The van der Waals surface area contributed by atoms with Gasteiger partial charge in [-0.1, -0.05) is 37.3 Å². The molecule has 3 aromatic rings. The van der Waals surface area contributed by atoms with Crippen LogP contribution in [-0.2, 0) is 11.8 Å². The third kappa shape index (κ3) is 4.20. The van der Waals surface area contributed by atoms with E-state index in [0.717, 1.165) is 10.2 Å². The van der Waals surface area contributed by atoms with Crippen molar-refractivity contribution < 1.29 is 19.0 Å². The molecule has 1 amide bonds. The Morgan fingerprint density at radius 1 is 1.11 bits per heavy atom. The summed E-state index contributed by atoms with van der Waals surface area (Å²) in [6.07, 6.45) is 0. The Morgan fingerprint density at radius 3 is 2.36 bits per heavy atom. The third-order valence-electron chi connectivity index (χ3n) is 4.44. The first kappa shape index (κ1) is 19.9. The summed E-state index contributed by atoms with van der Waals surface area (Å²) in [5.74, 6) is 2.05. The van der Waals surface area contributed by atoms with Gasteiger partial charge in [0.15, 0.2) is 22.9 Å². The number of thiazole rings is 1. The van der Waals surface area contributed by atoms with Gasteiger partial charge in [0, 0.05) is 19.2 Å². The minimum atomic E-state index is -0.339. The lowest BCUT2D eigenvalue weighted by Gasteiger charge is -2.07. The van der Waals surface area contributed by atoms with Gasteiger partial charge in [0.25, 0.3) is 5.91 Å². The number of nitrogens with zero attached hydrogens (tertiary/aromatic N) is 2. The molecule has 0 fully saturated rings. The molecular weight excluding hydrogens is 376 g/mol. The average Bonchev–Trinajstić information content (AvgIpc) is 3.00. The second kappa shape index (κ2) is 8.48. The van der Waals surface area contributed by atoms with Gasteiger partial charge in [-0.15, -0.1) is 0 Å². The van der Waals surface area contributed by atoms with Crippen LogP contribution in [-0.4, -0.2) is 31.3 Å². The number of rotatable bonds is 6. The lowest BCUT2D eigenvalue weighted by Crippen LogP contribution is -2.17. The van der Waals surface area contributed by atoms with Crippen LogP contribution in [0.3, 0.4) is 0 Å². The van der Waals surface area contributed by atoms with Crippen LogP contribution >= 0.6 is 11.3 Å². The quantitative estimate of drug-likeness (QED) is 0.630.